The van der Waals surface area contributed by atoms with Crippen molar-refractivity contribution < 1.29 is 14.7 Å². The summed E-state index contributed by atoms with van der Waals surface area (Å²) in [6, 6.07) is -1.03. The van der Waals surface area contributed by atoms with E-state index in [1.807, 2.05) is 0 Å². The summed E-state index contributed by atoms with van der Waals surface area (Å²) in [6.07, 6.45) is 1.21. The average Bonchev–Trinajstić information content (AvgIpc) is 2.84. The van der Waals surface area contributed by atoms with Gasteiger partial charge in [-0.1, -0.05) is 25.6 Å². The second-order valence-corrected chi connectivity index (χ2v) is 5.86. The number of carbonyl (C=O) groups is 2. The Bertz CT molecular complexity index is 611. The Morgan fingerprint density at radius 1 is 1.50 bits per heavy atom. The van der Waals surface area contributed by atoms with Crippen molar-refractivity contribution in [2.45, 2.75) is 31.6 Å². The molecule has 1 atom stereocenters. The number of fused-ring (bicyclic) bond motifs is 1. The van der Waals surface area contributed by atoms with Crippen LogP contribution in [0.2, 0.25) is 0 Å². The second kappa shape index (κ2) is 5.66. The lowest BCUT2D eigenvalue weighted by molar-refractivity contribution is -0.140. The first-order valence-electron chi connectivity index (χ1n) is 6.18. The molecular formula is C12H15N3O4S. The van der Waals surface area contributed by atoms with E-state index in [4.69, 9.17) is 5.11 Å². The first-order chi connectivity index (χ1) is 9.41. The molecule has 0 aromatic carbocycles. The van der Waals surface area contributed by atoms with E-state index < -0.39 is 23.5 Å². The maximum Gasteiger partial charge on any atom is 0.326 e. The Kier molecular flexibility index (Phi) is 4.12. The minimum absolute atomic E-state index is 0.122. The minimum Gasteiger partial charge on any atom is -0.480 e. The summed E-state index contributed by atoms with van der Waals surface area (Å²) in [6.45, 7) is 3.88. The second-order valence-electron chi connectivity index (χ2n) is 4.79. The van der Waals surface area contributed by atoms with Gasteiger partial charge in [0.05, 0.1) is 0 Å². The molecule has 0 spiro atoms. The van der Waals surface area contributed by atoms with Crippen LogP contribution < -0.4 is 10.9 Å². The van der Waals surface area contributed by atoms with Crippen LogP contribution in [0.1, 0.15) is 24.2 Å². The molecule has 0 fully saturated rings. The lowest BCUT2D eigenvalue weighted by atomic mass is 10.0. The summed E-state index contributed by atoms with van der Waals surface area (Å²) in [7, 11) is 0. The number of nitrogens with zero attached hydrogens (tertiary/aromatic N) is 2. The molecular weight excluding hydrogens is 282 g/mol. The van der Waals surface area contributed by atoms with Gasteiger partial charge in [-0.15, -0.1) is 0 Å². The molecule has 1 aromatic heterocycles. The molecule has 20 heavy (non-hydrogen) atoms. The predicted octanol–water partition coefficient (Wildman–Crippen LogP) is 0.188. The van der Waals surface area contributed by atoms with Gasteiger partial charge in [0.2, 0.25) is 0 Å². The van der Waals surface area contributed by atoms with Crippen LogP contribution in [0.15, 0.2) is 16.1 Å². The van der Waals surface area contributed by atoms with Crippen molar-refractivity contribution in [3.8, 4) is 0 Å². The monoisotopic (exact) mass is 297 g/mol. The zero-order valence-corrected chi connectivity index (χ0v) is 11.9. The van der Waals surface area contributed by atoms with Gasteiger partial charge >= 0.3 is 5.97 Å². The SMILES string of the molecule is CC(C)[C@@H](NC(=O)c1cnc2n(c1=O)CCS2)C(=O)O. The molecule has 0 unspecified atom stereocenters. The molecule has 2 N–H and O–H groups in total. The fourth-order valence-corrected chi connectivity index (χ4v) is 2.82. The highest BCUT2D eigenvalue weighted by molar-refractivity contribution is 7.99. The van der Waals surface area contributed by atoms with Gasteiger partial charge in [0.15, 0.2) is 5.16 Å². The molecule has 7 nitrogen and oxygen atoms in total. The van der Waals surface area contributed by atoms with Crippen molar-refractivity contribution in [3.05, 3.63) is 22.1 Å². The van der Waals surface area contributed by atoms with E-state index in [0.717, 1.165) is 5.75 Å². The number of carboxylic acids is 1. The number of amides is 1. The highest BCUT2D eigenvalue weighted by Gasteiger charge is 2.26. The standard InChI is InChI=1S/C12H15N3O4S/c1-6(2)8(11(18)19)14-9(16)7-5-13-12-15(10(7)17)3-4-20-12/h5-6,8H,3-4H2,1-2H3,(H,14,16)(H,18,19)/t8-/m1/s1. The number of carboxylic acid groups (broad SMARTS) is 1. The van der Waals surface area contributed by atoms with Crippen LogP contribution >= 0.6 is 11.8 Å². The van der Waals surface area contributed by atoms with E-state index in [1.54, 1.807) is 13.8 Å². The first-order valence-corrected chi connectivity index (χ1v) is 7.16. The molecule has 0 radical (unpaired) electrons. The van der Waals surface area contributed by atoms with E-state index in [1.165, 1.54) is 22.5 Å². The van der Waals surface area contributed by atoms with Gasteiger partial charge in [0.1, 0.15) is 11.6 Å². The van der Waals surface area contributed by atoms with E-state index >= 15 is 0 Å². The highest BCUT2D eigenvalue weighted by Crippen LogP contribution is 2.20. The molecule has 108 valence electrons. The van der Waals surface area contributed by atoms with Crippen molar-refractivity contribution in [3.63, 3.8) is 0 Å². The number of hydrogen-bond donors (Lipinski definition) is 2. The van der Waals surface area contributed by atoms with Crippen LogP contribution in [0.5, 0.6) is 0 Å². The van der Waals surface area contributed by atoms with Gasteiger partial charge < -0.3 is 10.4 Å². The molecule has 1 aliphatic heterocycles. The summed E-state index contributed by atoms with van der Waals surface area (Å²) >= 11 is 1.45. The van der Waals surface area contributed by atoms with Gasteiger partial charge in [0, 0.05) is 18.5 Å². The Labute approximate surface area is 119 Å². The van der Waals surface area contributed by atoms with Crippen LogP contribution in [0.4, 0.5) is 0 Å². The van der Waals surface area contributed by atoms with Crippen molar-refractivity contribution in [2.24, 2.45) is 5.92 Å². The lowest BCUT2D eigenvalue weighted by Gasteiger charge is -2.17. The molecule has 0 bridgehead atoms. The molecule has 0 saturated heterocycles. The summed E-state index contributed by atoms with van der Waals surface area (Å²) in [5.41, 5.74) is -0.548. The third-order valence-corrected chi connectivity index (χ3v) is 3.99. The molecule has 0 saturated carbocycles. The molecule has 2 heterocycles. The number of hydrogen-bond acceptors (Lipinski definition) is 5. The zero-order valence-electron chi connectivity index (χ0n) is 11.1. The first kappa shape index (κ1) is 14.6. The number of aliphatic carboxylic acids is 1. The van der Waals surface area contributed by atoms with Gasteiger partial charge in [0.25, 0.3) is 11.5 Å². The summed E-state index contributed by atoms with van der Waals surface area (Å²) in [4.78, 5) is 39.3. The molecule has 1 aliphatic rings. The van der Waals surface area contributed by atoms with Crippen molar-refractivity contribution >= 4 is 23.6 Å². The van der Waals surface area contributed by atoms with Crippen LogP contribution in [0.3, 0.4) is 0 Å². The van der Waals surface area contributed by atoms with E-state index in [0.29, 0.717) is 11.7 Å². The van der Waals surface area contributed by atoms with Gasteiger partial charge in [-0.05, 0) is 5.92 Å². The largest absolute Gasteiger partial charge is 0.480 e. The maximum absolute atomic E-state index is 12.1. The number of aromatic nitrogens is 2. The van der Waals surface area contributed by atoms with E-state index in [2.05, 4.69) is 10.3 Å². The molecule has 8 heteroatoms. The summed E-state index contributed by atoms with van der Waals surface area (Å²) in [5, 5.41) is 12.0. The number of rotatable bonds is 4. The van der Waals surface area contributed by atoms with E-state index in [-0.39, 0.29) is 11.5 Å². The normalized spacial score (nSPS) is 14.9. The lowest BCUT2D eigenvalue weighted by Crippen LogP contribution is -2.46. The quantitative estimate of drug-likeness (QED) is 0.769. The zero-order chi connectivity index (χ0) is 14.9. The van der Waals surface area contributed by atoms with Gasteiger partial charge in [-0.3, -0.25) is 14.2 Å². The van der Waals surface area contributed by atoms with Gasteiger partial charge in [-0.2, -0.15) is 0 Å². The van der Waals surface area contributed by atoms with Crippen LogP contribution in [-0.2, 0) is 11.3 Å². The smallest absolute Gasteiger partial charge is 0.326 e. The predicted molar refractivity (Wildman–Crippen MR) is 72.9 cm³/mol. The Morgan fingerprint density at radius 2 is 2.20 bits per heavy atom. The average molecular weight is 297 g/mol. The molecule has 2 rings (SSSR count). The van der Waals surface area contributed by atoms with Crippen molar-refractivity contribution in [1.82, 2.24) is 14.9 Å². The van der Waals surface area contributed by atoms with Crippen LogP contribution in [0.25, 0.3) is 0 Å². The third-order valence-electron chi connectivity index (χ3n) is 3.02. The maximum atomic E-state index is 12.1. The van der Waals surface area contributed by atoms with Crippen LogP contribution in [0, 0.1) is 5.92 Å². The minimum atomic E-state index is -1.13. The molecule has 0 aliphatic carbocycles. The molecule has 1 amide bonds. The Hall–Kier alpha value is -1.83. The summed E-state index contributed by atoms with van der Waals surface area (Å²) in [5.74, 6) is -1.36. The number of nitrogens with one attached hydrogen (secondary N) is 1. The molecule has 1 aromatic rings. The number of thioether (sulfide) groups is 1. The van der Waals surface area contributed by atoms with Crippen LogP contribution in [-0.4, -0.2) is 38.3 Å². The fraction of sp³-hybridized carbons (Fsp3) is 0.500. The topological polar surface area (TPSA) is 101 Å². The van der Waals surface area contributed by atoms with Crippen molar-refractivity contribution in [2.75, 3.05) is 5.75 Å². The Balaban J connectivity index is 2.26. The van der Waals surface area contributed by atoms with E-state index in [9.17, 15) is 14.4 Å². The number of carbonyl (C=O) groups excluding carboxylic acids is 1. The third kappa shape index (κ3) is 2.69. The van der Waals surface area contributed by atoms with Gasteiger partial charge in [-0.25, -0.2) is 9.78 Å². The summed E-state index contributed by atoms with van der Waals surface area (Å²) < 4.78 is 1.44. The fourth-order valence-electron chi connectivity index (χ4n) is 1.91. The van der Waals surface area contributed by atoms with Crippen molar-refractivity contribution in [1.29, 1.82) is 0 Å². The highest BCUT2D eigenvalue weighted by atomic mass is 32.2. The Morgan fingerprint density at radius 3 is 2.80 bits per heavy atom.